The number of ether oxygens (including phenoxy) is 1. The predicted molar refractivity (Wildman–Crippen MR) is 124 cm³/mol. The summed E-state index contributed by atoms with van der Waals surface area (Å²) in [5, 5.41) is 42.7. The van der Waals surface area contributed by atoms with Gasteiger partial charge in [0, 0.05) is 12.5 Å². The number of methoxy groups -OCH3 is 1. The van der Waals surface area contributed by atoms with E-state index >= 15 is 0 Å². The number of halogens is 2. The summed E-state index contributed by atoms with van der Waals surface area (Å²) in [4.78, 5) is 32.7. The number of hydrogen-bond donors (Lipinski definition) is 4. The van der Waals surface area contributed by atoms with Crippen molar-refractivity contribution in [1.29, 1.82) is 5.26 Å². The molecule has 3 rings (SSSR count). The van der Waals surface area contributed by atoms with Gasteiger partial charge in [-0.05, 0) is 61.0 Å². The Morgan fingerprint density at radius 3 is 2.14 bits per heavy atom. The minimum absolute atomic E-state index is 0.118. The van der Waals surface area contributed by atoms with Crippen LogP contribution in [0.5, 0.6) is 5.75 Å². The van der Waals surface area contributed by atoms with Crippen LogP contribution < -0.4 is 4.74 Å². The quantitative estimate of drug-likeness (QED) is 0.426. The maximum atomic E-state index is 14.0. The molecule has 0 saturated heterocycles. The van der Waals surface area contributed by atoms with Crippen LogP contribution in [0.1, 0.15) is 47.4 Å². The fourth-order valence-corrected chi connectivity index (χ4v) is 4.02. The zero-order valence-corrected chi connectivity index (χ0v) is 20.1. The summed E-state index contributed by atoms with van der Waals surface area (Å²) >= 11 is 0. The van der Waals surface area contributed by atoms with Gasteiger partial charge in [0.2, 0.25) is 0 Å². The first-order valence-electron chi connectivity index (χ1n) is 10.9. The van der Waals surface area contributed by atoms with E-state index in [4.69, 9.17) is 30.4 Å². The second-order valence-electron chi connectivity index (χ2n) is 8.59. The lowest BCUT2D eigenvalue weighted by Crippen LogP contribution is -2.42. The topological polar surface area (TPSA) is 168 Å². The lowest BCUT2D eigenvalue weighted by molar-refractivity contribution is -0.170. The normalized spacial score (nSPS) is 15.3. The molecule has 0 radical (unpaired) electrons. The third kappa shape index (κ3) is 7.45. The van der Waals surface area contributed by atoms with Crippen molar-refractivity contribution >= 4 is 17.9 Å². The Morgan fingerprint density at radius 1 is 1.11 bits per heavy atom. The van der Waals surface area contributed by atoms with Crippen LogP contribution in [-0.4, -0.2) is 69.5 Å². The van der Waals surface area contributed by atoms with Gasteiger partial charge in [-0.15, -0.1) is 0 Å². The van der Waals surface area contributed by atoms with Crippen molar-refractivity contribution in [3.05, 3.63) is 64.2 Å². The fraction of sp³-hybridized carbons (Fsp3) is 0.360. The van der Waals surface area contributed by atoms with Gasteiger partial charge in [-0.25, -0.2) is 13.6 Å². The highest BCUT2D eigenvalue weighted by molar-refractivity contribution is 5.88. The van der Waals surface area contributed by atoms with Crippen LogP contribution in [-0.2, 0) is 20.9 Å². The molecule has 0 aliphatic carbocycles. The minimum atomic E-state index is -2.74. The molecule has 0 aromatic heterocycles. The molecule has 0 bridgehead atoms. The van der Waals surface area contributed by atoms with Crippen LogP contribution in [0.2, 0.25) is 0 Å². The lowest BCUT2D eigenvalue weighted by atomic mass is 9.86. The molecular weight excluding hydrogens is 494 g/mol. The number of benzene rings is 2. The Labute approximate surface area is 210 Å². The number of carboxylic acid groups (broad SMARTS) is 3. The SMILES string of the molecule is COc1ccc2c(c1)CN(C)CCC2c1cc(F)c(C#N)c(F)c1.O=C(O)CC(O)(CC(=O)O)C(=O)O. The number of aliphatic carboxylic acids is 3. The highest BCUT2D eigenvalue weighted by atomic mass is 19.1. The Morgan fingerprint density at radius 2 is 1.68 bits per heavy atom. The van der Waals surface area contributed by atoms with E-state index in [9.17, 15) is 23.2 Å². The summed E-state index contributed by atoms with van der Waals surface area (Å²) in [5.41, 5.74) is -0.573. The van der Waals surface area contributed by atoms with Crippen molar-refractivity contribution in [3.8, 4) is 11.8 Å². The Balaban J connectivity index is 0.000000317. The van der Waals surface area contributed by atoms with E-state index in [-0.39, 0.29) is 5.92 Å². The average molecular weight is 520 g/mol. The monoisotopic (exact) mass is 520 g/mol. The van der Waals surface area contributed by atoms with E-state index in [1.165, 1.54) is 12.1 Å². The first-order chi connectivity index (χ1) is 17.3. The van der Waals surface area contributed by atoms with Crippen LogP contribution in [0, 0.1) is 23.0 Å². The molecule has 12 heteroatoms. The van der Waals surface area contributed by atoms with Crippen LogP contribution in [0.4, 0.5) is 8.78 Å². The molecule has 37 heavy (non-hydrogen) atoms. The molecule has 0 fully saturated rings. The molecule has 0 spiro atoms. The standard InChI is InChI=1S/C19H18F2N2O.C6H8O7/c1-23-6-5-16(12-8-18(20)17(10-22)19(21)9-12)15-4-3-14(24-2)7-13(15)11-23;7-3(8)1-6(13,5(11)12)2-4(9)10/h3-4,7-9,16H,5-6,11H2,1-2H3;13H,1-2H2,(H,7,8)(H,9,10)(H,11,12). The van der Waals surface area contributed by atoms with E-state index in [1.807, 2.05) is 25.2 Å². The van der Waals surface area contributed by atoms with E-state index in [0.717, 1.165) is 36.4 Å². The summed E-state index contributed by atoms with van der Waals surface area (Å²) in [6, 6.07) is 9.94. The van der Waals surface area contributed by atoms with Crippen LogP contribution in [0.3, 0.4) is 0 Å². The summed E-state index contributed by atoms with van der Waals surface area (Å²) in [5.74, 6) is -5.98. The second-order valence-corrected chi connectivity index (χ2v) is 8.59. The van der Waals surface area contributed by atoms with E-state index < -0.39 is 53.5 Å². The number of nitriles is 1. The van der Waals surface area contributed by atoms with Crippen LogP contribution in [0.25, 0.3) is 0 Å². The number of carbonyl (C=O) groups is 3. The molecule has 1 heterocycles. The van der Waals surface area contributed by atoms with Gasteiger partial charge in [-0.1, -0.05) is 6.07 Å². The van der Waals surface area contributed by atoms with Gasteiger partial charge in [0.25, 0.3) is 0 Å². The van der Waals surface area contributed by atoms with Gasteiger partial charge in [-0.2, -0.15) is 5.26 Å². The molecule has 1 aliphatic rings. The third-order valence-corrected chi connectivity index (χ3v) is 5.83. The summed E-state index contributed by atoms with van der Waals surface area (Å²) in [6.07, 6.45) is -1.54. The number of rotatable bonds is 7. The molecule has 0 saturated carbocycles. The second kappa shape index (κ2) is 12.2. The predicted octanol–water partition coefficient (Wildman–Crippen LogP) is 2.56. The molecule has 198 valence electrons. The van der Waals surface area contributed by atoms with Crippen LogP contribution >= 0.6 is 0 Å². The molecule has 10 nitrogen and oxygen atoms in total. The average Bonchev–Trinajstić information content (AvgIpc) is 2.95. The molecular formula is C25H26F2N2O8. The Bertz CT molecular complexity index is 1190. The van der Waals surface area contributed by atoms with Crippen molar-refractivity contribution in [3.63, 3.8) is 0 Å². The Kier molecular flexibility index (Phi) is 9.65. The number of fused-ring (bicyclic) bond motifs is 1. The first-order valence-corrected chi connectivity index (χ1v) is 10.9. The molecule has 2 aromatic rings. The smallest absolute Gasteiger partial charge is 0.336 e. The number of hydrogen-bond acceptors (Lipinski definition) is 7. The molecule has 1 atom stereocenters. The van der Waals surface area contributed by atoms with Crippen molar-refractivity contribution in [2.75, 3.05) is 20.7 Å². The third-order valence-electron chi connectivity index (χ3n) is 5.83. The molecule has 2 aromatic carbocycles. The van der Waals surface area contributed by atoms with Crippen LogP contribution in [0.15, 0.2) is 30.3 Å². The number of nitrogens with zero attached hydrogens (tertiary/aromatic N) is 2. The van der Waals surface area contributed by atoms with Gasteiger partial charge in [0.05, 0.1) is 20.0 Å². The molecule has 4 N–H and O–H groups in total. The zero-order valence-electron chi connectivity index (χ0n) is 20.1. The van der Waals surface area contributed by atoms with Crippen molar-refractivity contribution in [1.82, 2.24) is 4.90 Å². The summed E-state index contributed by atoms with van der Waals surface area (Å²) in [7, 11) is 3.64. The molecule has 1 unspecified atom stereocenters. The van der Waals surface area contributed by atoms with Gasteiger partial charge < -0.3 is 30.1 Å². The van der Waals surface area contributed by atoms with Gasteiger partial charge in [0.15, 0.2) is 5.60 Å². The molecule has 1 aliphatic heterocycles. The highest BCUT2D eigenvalue weighted by Gasteiger charge is 2.40. The maximum Gasteiger partial charge on any atom is 0.336 e. The van der Waals surface area contributed by atoms with E-state index in [2.05, 4.69) is 4.90 Å². The summed E-state index contributed by atoms with van der Waals surface area (Å²) < 4.78 is 33.4. The van der Waals surface area contributed by atoms with Gasteiger partial charge in [0.1, 0.15) is 29.0 Å². The summed E-state index contributed by atoms with van der Waals surface area (Å²) in [6.45, 7) is 1.56. The fourth-order valence-electron chi connectivity index (χ4n) is 4.02. The first kappa shape index (κ1) is 29.2. The maximum absolute atomic E-state index is 14.0. The number of aliphatic hydroxyl groups is 1. The van der Waals surface area contributed by atoms with E-state index in [0.29, 0.717) is 5.56 Å². The lowest BCUT2D eigenvalue weighted by Gasteiger charge is -2.19. The Hall–Kier alpha value is -4.08. The van der Waals surface area contributed by atoms with Crippen molar-refractivity contribution in [2.24, 2.45) is 0 Å². The largest absolute Gasteiger partial charge is 0.497 e. The zero-order chi connectivity index (χ0) is 27.9. The highest BCUT2D eigenvalue weighted by Crippen LogP contribution is 2.36. The van der Waals surface area contributed by atoms with Crippen molar-refractivity contribution in [2.45, 2.75) is 37.3 Å². The van der Waals surface area contributed by atoms with Gasteiger partial charge >= 0.3 is 17.9 Å². The van der Waals surface area contributed by atoms with E-state index in [1.54, 1.807) is 13.2 Å². The minimum Gasteiger partial charge on any atom is -0.497 e. The molecule has 0 amide bonds. The van der Waals surface area contributed by atoms with Gasteiger partial charge in [-0.3, -0.25) is 9.59 Å². The van der Waals surface area contributed by atoms with Crippen molar-refractivity contribution < 1.29 is 48.3 Å². The number of carboxylic acids is 3.